The average Bonchev–Trinajstić information content (AvgIpc) is 2.13. The molecule has 1 aliphatic rings. The van der Waals surface area contributed by atoms with E-state index in [0.29, 0.717) is 12.1 Å². The lowest BCUT2D eigenvalue weighted by Gasteiger charge is -2.42. The van der Waals surface area contributed by atoms with Crippen molar-refractivity contribution in [2.24, 2.45) is 11.7 Å². The van der Waals surface area contributed by atoms with Crippen molar-refractivity contribution >= 4 is 0 Å². The Morgan fingerprint density at radius 3 is 2.40 bits per heavy atom. The number of rotatable bonds is 7. The van der Waals surface area contributed by atoms with Crippen LogP contribution in [-0.2, 0) is 4.74 Å². The second kappa shape index (κ2) is 6.46. The summed E-state index contributed by atoms with van der Waals surface area (Å²) in [6.07, 6.45) is 4.10. The molecular formula is C12H26N2O. The van der Waals surface area contributed by atoms with E-state index in [9.17, 15) is 0 Å². The largest absolute Gasteiger partial charge is 0.383 e. The first-order chi connectivity index (χ1) is 7.20. The molecule has 0 radical (unpaired) electrons. The molecule has 1 fully saturated rings. The van der Waals surface area contributed by atoms with Crippen molar-refractivity contribution in [1.29, 1.82) is 0 Å². The molecule has 0 heterocycles. The lowest BCUT2D eigenvalue weighted by molar-refractivity contribution is 0.0489. The van der Waals surface area contributed by atoms with E-state index in [0.717, 1.165) is 25.6 Å². The van der Waals surface area contributed by atoms with Crippen molar-refractivity contribution in [1.82, 2.24) is 4.90 Å². The van der Waals surface area contributed by atoms with Gasteiger partial charge in [-0.05, 0) is 32.6 Å². The van der Waals surface area contributed by atoms with Crippen LogP contribution in [0.15, 0.2) is 0 Å². The maximum Gasteiger partial charge on any atom is 0.0589 e. The van der Waals surface area contributed by atoms with Crippen molar-refractivity contribution in [2.45, 2.75) is 45.2 Å². The maximum absolute atomic E-state index is 5.91. The van der Waals surface area contributed by atoms with Gasteiger partial charge in [0.1, 0.15) is 0 Å². The van der Waals surface area contributed by atoms with Crippen molar-refractivity contribution in [2.75, 3.05) is 26.8 Å². The van der Waals surface area contributed by atoms with Gasteiger partial charge in [0, 0.05) is 32.3 Å². The Morgan fingerprint density at radius 1 is 1.40 bits per heavy atom. The Balaban J connectivity index is 2.49. The zero-order valence-corrected chi connectivity index (χ0v) is 10.4. The summed E-state index contributed by atoms with van der Waals surface area (Å²) in [7, 11) is 1.76. The van der Waals surface area contributed by atoms with E-state index in [1.54, 1.807) is 7.11 Å². The molecular weight excluding hydrogens is 188 g/mol. The van der Waals surface area contributed by atoms with Gasteiger partial charge in [0.15, 0.2) is 0 Å². The van der Waals surface area contributed by atoms with Gasteiger partial charge in [-0.3, -0.25) is 4.90 Å². The van der Waals surface area contributed by atoms with Crippen molar-refractivity contribution < 1.29 is 4.74 Å². The fourth-order valence-electron chi connectivity index (χ4n) is 2.43. The minimum Gasteiger partial charge on any atom is -0.383 e. The number of methoxy groups -OCH3 is 1. The molecule has 1 saturated carbocycles. The van der Waals surface area contributed by atoms with E-state index in [-0.39, 0.29) is 0 Å². The summed E-state index contributed by atoms with van der Waals surface area (Å²) < 4.78 is 5.17. The Bertz CT molecular complexity index is 169. The van der Waals surface area contributed by atoms with Gasteiger partial charge in [-0.15, -0.1) is 0 Å². The highest BCUT2D eigenvalue weighted by molar-refractivity contribution is 4.86. The molecule has 1 unspecified atom stereocenters. The molecule has 3 nitrogen and oxygen atoms in total. The third-order valence-corrected chi connectivity index (χ3v) is 3.58. The molecule has 0 aromatic heterocycles. The van der Waals surface area contributed by atoms with Crippen molar-refractivity contribution in [3.63, 3.8) is 0 Å². The van der Waals surface area contributed by atoms with Crippen molar-refractivity contribution in [3.8, 4) is 0 Å². The summed E-state index contributed by atoms with van der Waals surface area (Å²) in [5.74, 6) is 0.828. The standard InChI is InChI=1S/C12H26N2O/c1-10(2)14(7-8-15-3)12(9-13)11-5-4-6-11/h10-12H,4-9,13H2,1-3H3. The number of hydrogen-bond acceptors (Lipinski definition) is 3. The van der Waals surface area contributed by atoms with Crippen LogP contribution >= 0.6 is 0 Å². The van der Waals surface area contributed by atoms with Crippen LogP contribution in [0.2, 0.25) is 0 Å². The molecule has 0 aromatic carbocycles. The highest BCUT2D eigenvalue weighted by Crippen LogP contribution is 2.32. The van der Waals surface area contributed by atoms with Crippen LogP contribution in [0, 0.1) is 5.92 Å². The Hall–Kier alpha value is -0.120. The monoisotopic (exact) mass is 214 g/mol. The van der Waals surface area contributed by atoms with Crippen LogP contribution < -0.4 is 5.73 Å². The number of ether oxygens (including phenoxy) is 1. The highest BCUT2D eigenvalue weighted by atomic mass is 16.5. The smallest absolute Gasteiger partial charge is 0.0589 e. The average molecular weight is 214 g/mol. The van der Waals surface area contributed by atoms with E-state index in [1.165, 1.54) is 19.3 Å². The fraction of sp³-hybridized carbons (Fsp3) is 1.00. The second-order valence-electron chi connectivity index (χ2n) is 4.82. The quantitative estimate of drug-likeness (QED) is 0.697. The highest BCUT2D eigenvalue weighted by Gasteiger charge is 2.31. The summed E-state index contributed by atoms with van der Waals surface area (Å²) in [4.78, 5) is 2.51. The molecule has 3 heteroatoms. The summed E-state index contributed by atoms with van der Waals surface area (Å²) >= 11 is 0. The van der Waals surface area contributed by atoms with Crippen LogP contribution in [0.3, 0.4) is 0 Å². The number of nitrogens with two attached hydrogens (primary N) is 1. The maximum atomic E-state index is 5.91. The van der Waals surface area contributed by atoms with Gasteiger partial charge in [-0.25, -0.2) is 0 Å². The molecule has 2 N–H and O–H groups in total. The molecule has 0 amide bonds. The molecule has 0 saturated heterocycles. The third-order valence-electron chi connectivity index (χ3n) is 3.58. The molecule has 0 spiro atoms. The van der Waals surface area contributed by atoms with Gasteiger partial charge < -0.3 is 10.5 Å². The normalized spacial score (nSPS) is 19.6. The molecule has 15 heavy (non-hydrogen) atoms. The number of hydrogen-bond donors (Lipinski definition) is 1. The zero-order valence-electron chi connectivity index (χ0n) is 10.4. The first-order valence-electron chi connectivity index (χ1n) is 6.15. The predicted octanol–water partition coefficient (Wildman–Crippen LogP) is 1.47. The first kappa shape index (κ1) is 12.9. The van der Waals surface area contributed by atoms with Crippen LogP contribution in [0.1, 0.15) is 33.1 Å². The summed E-state index contributed by atoms with van der Waals surface area (Å²) in [6, 6.07) is 1.13. The fourth-order valence-corrected chi connectivity index (χ4v) is 2.43. The summed E-state index contributed by atoms with van der Waals surface area (Å²) in [5.41, 5.74) is 5.91. The number of nitrogens with zero attached hydrogens (tertiary/aromatic N) is 1. The predicted molar refractivity (Wildman–Crippen MR) is 63.9 cm³/mol. The van der Waals surface area contributed by atoms with E-state index < -0.39 is 0 Å². The molecule has 0 bridgehead atoms. The summed E-state index contributed by atoms with van der Waals surface area (Å²) in [5, 5.41) is 0. The van der Waals surface area contributed by atoms with Gasteiger partial charge in [-0.1, -0.05) is 6.42 Å². The molecule has 0 aliphatic heterocycles. The van der Waals surface area contributed by atoms with Gasteiger partial charge in [-0.2, -0.15) is 0 Å². The molecule has 0 aromatic rings. The molecule has 1 rings (SSSR count). The van der Waals surface area contributed by atoms with Crippen LogP contribution in [0.25, 0.3) is 0 Å². The topological polar surface area (TPSA) is 38.5 Å². The minimum absolute atomic E-state index is 0.564. The molecule has 90 valence electrons. The van der Waals surface area contributed by atoms with E-state index in [4.69, 9.17) is 10.5 Å². The third kappa shape index (κ3) is 3.44. The lowest BCUT2D eigenvalue weighted by atomic mass is 9.78. The summed E-state index contributed by atoms with van der Waals surface area (Å²) in [6.45, 7) is 7.09. The van der Waals surface area contributed by atoms with Crippen molar-refractivity contribution in [3.05, 3.63) is 0 Å². The Labute approximate surface area is 94.0 Å². The Kier molecular flexibility index (Phi) is 5.58. The van der Waals surface area contributed by atoms with E-state index in [1.807, 2.05) is 0 Å². The van der Waals surface area contributed by atoms with Crippen LogP contribution in [0.5, 0.6) is 0 Å². The van der Waals surface area contributed by atoms with Gasteiger partial charge in [0.05, 0.1) is 6.61 Å². The van der Waals surface area contributed by atoms with Gasteiger partial charge >= 0.3 is 0 Å². The zero-order chi connectivity index (χ0) is 11.3. The van der Waals surface area contributed by atoms with Gasteiger partial charge in [0.2, 0.25) is 0 Å². The van der Waals surface area contributed by atoms with Gasteiger partial charge in [0.25, 0.3) is 0 Å². The molecule has 1 atom stereocenters. The minimum atomic E-state index is 0.564. The van der Waals surface area contributed by atoms with E-state index >= 15 is 0 Å². The Morgan fingerprint density at radius 2 is 2.07 bits per heavy atom. The van der Waals surface area contributed by atoms with Crippen LogP contribution in [-0.4, -0.2) is 43.8 Å². The van der Waals surface area contributed by atoms with E-state index in [2.05, 4.69) is 18.7 Å². The lowest BCUT2D eigenvalue weighted by Crippen LogP contribution is -2.51. The second-order valence-corrected chi connectivity index (χ2v) is 4.82. The first-order valence-corrected chi connectivity index (χ1v) is 6.15. The van der Waals surface area contributed by atoms with Crippen LogP contribution in [0.4, 0.5) is 0 Å². The molecule has 1 aliphatic carbocycles. The SMILES string of the molecule is COCCN(C(C)C)C(CN)C1CCC1.